The van der Waals surface area contributed by atoms with Crippen LogP contribution in [0.1, 0.15) is 5.56 Å². The fraction of sp³-hybridized carbons (Fsp3) is 0. The van der Waals surface area contributed by atoms with Gasteiger partial charge in [-0.25, -0.2) is 10.2 Å². The molecule has 7 nitrogen and oxygen atoms in total. The first kappa shape index (κ1) is 16.1. The molecule has 0 aliphatic rings. The van der Waals surface area contributed by atoms with Crippen LogP contribution in [0.25, 0.3) is 10.8 Å². The Bertz CT molecular complexity index is 952. The van der Waals surface area contributed by atoms with Crippen LogP contribution in [-0.2, 0) is 0 Å². The third-order valence-corrected chi connectivity index (χ3v) is 3.49. The van der Waals surface area contributed by atoms with Crippen molar-refractivity contribution in [2.75, 3.05) is 5.32 Å². The lowest BCUT2D eigenvalue weighted by Crippen LogP contribution is -2.24. The molecule has 2 amide bonds. The molecule has 124 valence electrons. The number of nitrogens with one attached hydrogen (secondary N) is 2. The first-order valence-electron chi connectivity index (χ1n) is 7.45. The number of rotatable bonds is 4. The Morgan fingerprint density at radius 2 is 1.72 bits per heavy atom. The van der Waals surface area contributed by atoms with Gasteiger partial charge in [0.15, 0.2) is 0 Å². The molecule has 0 atom stereocenters. The second-order valence-electron chi connectivity index (χ2n) is 5.23. The van der Waals surface area contributed by atoms with E-state index < -0.39 is 11.0 Å². The van der Waals surface area contributed by atoms with Crippen LogP contribution in [0.2, 0.25) is 0 Å². The largest absolute Gasteiger partial charge is 0.339 e. The number of carbonyl (C=O) groups is 1. The summed E-state index contributed by atoms with van der Waals surface area (Å²) in [4.78, 5) is 22.0. The lowest BCUT2D eigenvalue weighted by atomic mass is 10.1. The molecule has 0 saturated carbocycles. The van der Waals surface area contributed by atoms with Crippen molar-refractivity contribution in [3.8, 4) is 0 Å². The Labute approximate surface area is 143 Å². The second kappa shape index (κ2) is 7.22. The van der Waals surface area contributed by atoms with Gasteiger partial charge in [0.1, 0.15) is 0 Å². The molecule has 0 unspecified atom stereocenters. The number of hydrazone groups is 1. The highest BCUT2D eigenvalue weighted by Gasteiger charge is 2.03. The van der Waals surface area contributed by atoms with Crippen molar-refractivity contribution in [2.45, 2.75) is 0 Å². The van der Waals surface area contributed by atoms with Gasteiger partial charge < -0.3 is 5.32 Å². The minimum absolute atomic E-state index is 0.000781. The van der Waals surface area contributed by atoms with Crippen LogP contribution in [0.4, 0.5) is 16.2 Å². The van der Waals surface area contributed by atoms with E-state index in [2.05, 4.69) is 15.8 Å². The highest BCUT2D eigenvalue weighted by molar-refractivity contribution is 5.94. The fourth-order valence-corrected chi connectivity index (χ4v) is 2.27. The van der Waals surface area contributed by atoms with E-state index in [-0.39, 0.29) is 5.69 Å². The lowest BCUT2D eigenvalue weighted by Gasteiger charge is -2.05. The van der Waals surface area contributed by atoms with Gasteiger partial charge in [0.25, 0.3) is 5.69 Å². The average Bonchev–Trinajstić information content (AvgIpc) is 2.62. The van der Waals surface area contributed by atoms with E-state index in [9.17, 15) is 14.9 Å². The molecule has 0 aliphatic heterocycles. The van der Waals surface area contributed by atoms with Crippen molar-refractivity contribution >= 4 is 34.4 Å². The number of nitro groups is 1. The molecule has 3 aromatic rings. The molecular weight excluding hydrogens is 320 g/mol. The molecule has 25 heavy (non-hydrogen) atoms. The van der Waals surface area contributed by atoms with Gasteiger partial charge in [-0.3, -0.25) is 10.1 Å². The van der Waals surface area contributed by atoms with Crippen molar-refractivity contribution in [1.29, 1.82) is 0 Å². The molecule has 0 heterocycles. The molecule has 0 fully saturated rings. The minimum Gasteiger partial charge on any atom is -0.307 e. The smallest absolute Gasteiger partial charge is 0.307 e. The number of nitrogens with zero attached hydrogens (tertiary/aromatic N) is 2. The minimum atomic E-state index is -0.478. The predicted molar refractivity (Wildman–Crippen MR) is 96.8 cm³/mol. The summed E-state index contributed by atoms with van der Waals surface area (Å²) >= 11 is 0. The van der Waals surface area contributed by atoms with Gasteiger partial charge >= 0.3 is 6.03 Å². The van der Waals surface area contributed by atoms with Crippen LogP contribution in [0.3, 0.4) is 0 Å². The molecule has 0 spiro atoms. The fourth-order valence-electron chi connectivity index (χ4n) is 2.27. The third-order valence-electron chi connectivity index (χ3n) is 3.49. The van der Waals surface area contributed by atoms with E-state index in [1.807, 2.05) is 42.5 Å². The standard InChI is InChI=1S/C18H14N4O3/c23-18(20-16-8-7-14-3-1-2-4-15(14)11-16)21-19-12-13-5-9-17(10-6-13)22(24)25/h1-12H,(H2,20,21,23)/b19-12+. The first-order chi connectivity index (χ1) is 12.1. The summed E-state index contributed by atoms with van der Waals surface area (Å²) in [6, 6.07) is 18.8. The third kappa shape index (κ3) is 4.17. The van der Waals surface area contributed by atoms with Gasteiger partial charge in [-0.15, -0.1) is 0 Å². The molecule has 0 aromatic heterocycles. The summed E-state index contributed by atoms with van der Waals surface area (Å²) in [5.74, 6) is 0. The molecule has 0 radical (unpaired) electrons. The van der Waals surface area contributed by atoms with Crippen LogP contribution >= 0.6 is 0 Å². The van der Waals surface area contributed by atoms with Crippen molar-refractivity contribution in [3.63, 3.8) is 0 Å². The zero-order valence-corrected chi connectivity index (χ0v) is 13.0. The normalized spacial score (nSPS) is 10.7. The summed E-state index contributed by atoms with van der Waals surface area (Å²) in [5.41, 5.74) is 3.64. The number of carbonyl (C=O) groups excluding carboxylic acids is 1. The zero-order valence-electron chi connectivity index (χ0n) is 13.0. The van der Waals surface area contributed by atoms with Crippen LogP contribution in [0.15, 0.2) is 71.8 Å². The summed E-state index contributed by atoms with van der Waals surface area (Å²) < 4.78 is 0. The highest BCUT2D eigenvalue weighted by Crippen LogP contribution is 2.18. The molecule has 0 bridgehead atoms. The molecule has 3 rings (SSSR count). The van der Waals surface area contributed by atoms with Gasteiger partial charge in [0.05, 0.1) is 11.1 Å². The zero-order chi connectivity index (χ0) is 17.6. The van der Waals surface area contributed by atoms with Crippen molar-refractivity contribution in [2.24, 2.45) is 5.10 Å². The number of hydrogen-bond acceptors (Lipinski definition) is 4. The van der Waals surface area contributed by atoms with E-state index in [4.69, 9.17) is 0 Å². The Balaban J connectivity index is 1.59. The number of anilines is 1. The van der Waals surface area contributed by atoms with E-state index in [0.29, 0.717) is 11.3 Å². The highest BCUT2D eigenvalue weighted by atomic mass is 16.6. The Hall–Kier alpha value is -3.74. The Morgan fingerprint density at radius 1 is 1.00 bits per heavy atom. The number of amides is 2. The van der Waals surface area contributed by atoms with E-state index in [1.165, 1.54) is 18.3 Å². The van der Waals surface area contributed by atoms with Crippen molar-refractivity contribution in [1.82, 2.24) is 5.43 Å². The topological polar surface area (TPSA) is 96.6 Å². The average molecular weight is 334 g/mol. The quantitative estimate of drug-likeness (QED) is 0.430. The first-order valence-corrected chi connectivity index (χ1v) is 7.45. The maximum absolute atomic E-state index is 11.9. The van der Waals surface area contributed by atoms with Gasteiger partial charge in [0, 0.05) is 17.8 Å². The summed E-state index contributed by atoms with van der Waals surface area (Å²) in [6.45, 7) is 0. The van der Waals surface area contributed by atoms with Crippen molar-refractivity contribution < 1.29 is 9.72 Å². The Morgan fingerprint density at radius 3 is 2.44 bits per heavy atom. The maximum Gasteiger partial charge on any atom is 0.339 e. The van der Waals surface area contributed by atoms with Gasteiger partial charge in [-0.1, -0.05) is 30.3 Å². The molecule has 0 aliphatic carbocycles. The van der Waals surface area contributed by atoms with Crippen LogP contribution in [-0.4, -0.2) is 17.2 Å². The van der Waals surface area contributed by atoms with Crippen LogP contribution in [0, 0.1) is 10.1 Å². The van der Waals surface area contributed by atoms with E-state index in [0.717, 1.165) is 10.8 Å². The number of fused-ring (bicyclic) bond motifs is 1. The molecule has 7 heteroatoms. The van der Waals surface area contributed by atoms with Crippen LogP contribution in [0.5, 0.6) is 0 Å². The molecule has 3 aromatic carbocycles. The number of non-ortho nitro benzene ring substituents is 1. The monoisotopic (exact) mass is 334 g/mol. The summed E-state index contributed by atoms with van der Waals surface area (Å²) in [7, 11) is 0. The van der Waals surface area contributed by atoms with Crippen LogP contribution < -0.4 is 10.7 Å². The van der Waals surface area contributed by atoms with Gasteiger partial charge in [-0.2, -0.15) is 5.10 Å². The maximum atomic E-state index is 11.9. The molecular formula is C18H14N4O3. The second-order valence-corrected chi connectivity index (χ2v) is 5.23. The molecule has 2 N–H and O–H groups in total. The number of benzene rings is 3. The van der Waals surface area contributed by atoms with Gasteiger partial charge in [-0.05, 0) is 40.6 Å². The number of hydrogen-bond donors (Lipinski definition) is 2. The van der Waals surface area contributed by atoms with Gasteiger partial charge in [0.2, 0.25) is 0 Å². The van der Waals surface area contributed by atoms with E-state index in [1.54, 1.807) is 12.1 Å². The number of nitro benzene ring substituents is 1. The van der Waals surface area contributed by atoms with E-state index >= 15 is 0 Å². The SMILES string of the molecule is O=C(N/N=C/c1ccc([N+](=O)[O-])cc1)Nc1ccc2ccccc2c1. The summed E-state index contributed by atoms with van der Waals surface area (Å²) in [5, 5.41) is 19.2. The van der Waals surface area contributed by atoms with Crippen molar-refractivity contribution in [3.05, 3.63) is 82.4 Å². The Kier molecular flexibility index (Phi) is 4.66. The predicted octanol–water partition coefficient (Wildman–Crippen LogP) is 3.90. The lowest BCUT2D eigenvalue weighted by molar-refractivity contribution is -0.384. The summed E-state index contributed by atoms with van der Waals surface area (Å²) in [6.07, 6.45) is 1.41. The number of urea groups is 1. The molecule has 0 saturated heterocycles.